The molecule has 24 heavy (non-hydrogen) atoms. The number of hydrogen-bond donors (Lipinski definition) is 0. The highest BCUT2D eigenvalue weighted by Crippen LogP contribution is 2.25. The van der Waals surface area contributed by atoms with Gasteiger partial charge in [-0.15, -0.1) is 0 Å². The number of amides is 1. The average Bonchev–Trinajstić information content (AvgIpc) is 2.62. The lowest BCUT2D eigenvalue weighted by Gasteiger charge is -2.36. The lowest BCUT2D eigenvalue weighted by molar-refractivity contribution is 0.0746. The number of hydrogen-bond acceptors (Lipinski definition) is 4. The predicted octanol–water partition coefficient (Wildman–Crippen LogP) is 2.84. The van der Waals surface area contributed by atoms with Gasteiger partial charge in [0.05, 0.1) is 17.3 Å². The molecule has 2 heterocycles. The van der Waals surface area contributed by atoms with Gasteiger partial charge in [0.25, 0.3) is 5.91 Å². The van der Waals surface area contributed by atoms with Gasteiger partial charge < -0.3 is 14.5 Å². The van der Waals surface area contributed by atoms with E-state index in [4.69, 9.17) is 16.3 Å². The van der Waals surface area contributed by atoms with Crippen molar-refractivity contribution in [1.29, 1.82) is 0 Å². The van der Waals surface area contributed by atoms with Crippen molar-refractivity contribution in [3.8, 4) is 0 Å². The van der Waals surface area contributed by atoms with Crippen LogP contribution in [0, 0.1) is 0 Å². The molecule has 1 aromatic carbocycles. The van der Waals surface area contributed by atoms with Gasteiger partial charge >= 0.3 is 0 Å². The molecule has 2 aromatic rings. The fraction of sp³-hybridized carbons (Fsp3) is 0.333. The van der Waals surface area contributed by atoms with Crippen LogP contribution in [0.1, 0.15) is 15.9 Å². The standard InChI is InChI=1S/C18H20ClN3O2/c1-24-13-14-3-2-4-15(11-14)18(23)22-9-7-21(8-10-22)17-5-6-20-12-16(17)19/h2-6,11-12H,7-10,13H2,1H3. The van der Waals surface area contributed by atoms with Gasteiger partial charge in [-0.3, -0.25) is 9.78 Å². The van der Waals surface area contributed by atoms with E-state index in [9.17, 15) is 4.79 Å². The maximum Gasteiger partial charge on any atom is 0.253 e. The molecule has 0 atom stereocenters. The normalized spacial score (nSPS) is 14.8. The first-order chi connectivity index (χ1) is 11.7. The van der Waals surface area contributed by atoms with E-state index in [1.54, 1.807) is 19.5 Å². The molecule has 1 aliphatic heterocycles. The quantitative estimate of drug-likeness (QED) is 0.854. The van der Waals surface area contributed by atoms with Gasteiger partial charge in [-0.05, 0) is 23.8 Å². The minimum absolute atomic E-state index is 0.0634. The van der Waals surface area contributed by atoms with E-state index in [1.165, 1.54) is 0 Å². The number of carbonyl (C=O) groups excluding carboxylic acids is 1. The second kappa shape index (κ2) is 7.64. The lowest BCUT2D eigenvalue weighted by atomic mass is 10.1. The molecule has 1 saturated heterocycles. The maximum atomic E-state index is 12.7. The topological polar surface area (TPSA) is 45.7 Å². The van der Waals surface area contributed by atoms with Crippen molar-refractivity contribution in [3.63, 3.8) is 0 Å². The zero-order valence-electron chi connectivity index (χ0n) is 13.6. The van der Waals surface area contributed by atoms with Gasteiger partial charge in [0.2, 0.25) is 0 Å². The van der Waals surface area contributed by atoms with E-state index in [0.29, 0.717) is 30.3 Å². The number of anilines is 1. The van der Waals surface area contributed by atoms with Crippen LogP contribution in [0.2, 0.25) is 5.02 Å². The van der Waals surface area contributed by atoms with Crippen molar-refractivity contribution in [2.45, 2.75) is 6.61 Å². The predicted molar refractivity (Wildman–Crippen MR) is 94.5 cm³/mol. The maximum absolute atomic E-state index is 12.7. The van der Waals surface area contributed by atoms with Crippen LogP contribution in [0.3, 0.4) is 0 Å². The third kappa shape index (κ3) is 3.68. The number of halogens is 1. The molecule has 0 saturated carbocycles. The molecule has 1 amide bonds. The first-order valence-electron chi connectivity index (χ1n) is 7.90. The van der Waals surface area contributed by atoms with Gasteiger partial charge in [-0.1, -0.05) is 23.7 Å². The molecule has 0 aliphatic carbocycles. The Bertz CT molecular complexity index is 715. The van der Waals surface area contributed by atoms with Crippen molar-refractivity contribution in [1.82, 2.24) is 9.88 Å². The van der Waals surface area contributed by atoms with Crippen LogP contribution < -0.4 is 4.90 Å². The van der Waals surface area contributed by atoms with Gasteiger partial charge in [-0.25, -0.2) is 0 Å². The summed E-state index contributed by atoms with van der Waals surface area (Å²) in [7, 11) is 1.65. The SMILES string of the molecule is COCc1cccc(C(=O)N2CCN(c3ccncc3Cl)CC2)c1. The molecule has 0 bridgehead atoms. The Kier molecular flexibility index (Phi) is 5.33. The Morgan fingerprint density at radius 1 is 1.25 bits per heavy atom. The Morgan fingerprint density at radius 3 is 2.75 bits per heavy atom. The van der Waals surface area contributed by atoms with Crippen LogP contribution >= 0.6 is 11.6 Å². The monoisotopic (exact) mass is 345 g/mol. The fourth-order valence-electron chi connectivity index (χ4n) is 2.92. The molecular formula is C18H20ClN3O2. The molecule has 1 aliphatic rings. The highest BCUT2D eigenvalue weighted by atomic mass is 35.5. The number of carbonyl (C=O) groups is 1. The molecule has 126 valence electrons. The molecule has 0 unspecified atom stereocenters. The van der Waals surface area contributed by atoms with Crippen LogP contribution in [0.25, 0.3) is 0 Å². The number of benzene rings is 1. The Labute approximate surface area is 146 Å². The summed E-state index contributed by atoms with van der Waals surface area (Å²) in [6, 6.07) is 9.53. The number of piperazine rings is 1. The molecule has 0 radical (unpaired) electrons. The van der Waals surface area contributed by atoms with Crippen molar-refractivity contribution < 1.29 is 9.53 Å². The molecular weight excluding hydrogens is 326 g/mol. The second-order valence-corrected chi connectivity index (χ2v) is 6.15. The summed E-state index contributed by atoms with van der Waals surface area (Å²) in [6.07, 6.45) is 3.38. The number of pyridine rings is 1. The highest BCUT2D eigenvalue weighted by molar-refractivity contribution is 6.33. The number of rotatable bonds is 4. The lowest BCUT2D eigenvalue weighted by Crippen LogP contribution is -2.48. The summed E-state index contributed by atoms with van der Waals surface area (Å²) in [5.41, 5.74) is 2.69. The van der Waals surface area contributed by atoms with E-state index in [1.807, 2.05) is 35.2 Å². The van der Waals surface area contributed by atoms with E-state index in [-0.39, 0.29) is 5.91 Å². The molecule has 3 rings (SSSR count). The Morgan fingerprint density at radius 2 is 2.04 bits per heavy atom. The first-order valence-corrected chi connectivity index (χ1v) is 8.28. The Hall–Kier alpha value is -2.11. The third-order valence-electron chi connectivity index (χ3n) is 4.14. The van der Waals surface area contributed by atoms with Crippen molar-refractivity contribution >= 4 is 23.2 Å². The zero-order valence-corrected chi connectivity index (χ0v) is 14.4. The third-order valence-corrected chi connectivity index (χ3v) is 4.43. The highest BCUT2D eigenvalue weighted by Gasteiger charge is 2.23. The van der Waals surface area contributed by atoms with Crippen LogP contribution in [0.5, 0.6) is 0 Å². The van der Waals surface area contributed by atoms with E-state index in [0.717, 1.165) is 24.3 Å². The summed E-state index contributed by atoms with van der Waals surface area (Å²) in [6.45, 7) is 3.37. The number of nitrogens with zero attached hydrogens (tertiary/aromatic N) is 3. The fourth-order valence-corrected chi connectivity index (χ4v) is 3.16. The van der Waals surface area contributed by atoms with Gasteiger partial charge in [0, 0.05) is 51.2 Å². The summed E-state index contributed by atoms with van der Waals surface area (Å²) in [5.74, 6) is 0.0634. The molecule has 6 heteroatoms. The second-order valence-electron chi connectivity index (χ2n) is 5.74. The smallest absolute Gasteiger partial charge is 0.253 e. The van der Waals surface area contributed by atoms with Crippen LogP contribution in [-0.4, -0.2) is 49.1 Å². The summed E-state index contributed by atoms with van der Waals surface area (Å²) in [4.78, 5) is 20.8. The first kappa shape index (κ1) is 16.7. The Balaban J connectivity index is 1.65. The van der Waals surface area contributed by atoms with Crippen LogP contribution in [-0.2, 0) is 11.3 Å². The summed E-state index contributed by atoms with van der Waals surface area (Å²) in [5, 5.41) is 0.643. The summed E-state index contributed by atoms with van der Waals surface area (Å²) >= 11 is 6.20. The largest absolute Gasteiger partial charge is 0.380 e. The zero-order chi connectivity index (χ0) is 16.9. The van der Waals surface area contributed by atoms with Gasteiger partial charge in [0.1, 0.15) is 0 Å². The van der Waals surface area contributed by atoms with E-state index in [2.05, 4.69) is 9.88 Å². The average molecular weight is 346 g/mol. The van der Waals surface area contributed by atoms with E-state index >= 15 is 0 Å². The van der Waals surface area contributed by atoms with Crippen LogP contribution in [0.15, 0.2) is 42.7 Å². The minimum Gasteiger partial charge on any atom is -0.380 e. The molecule has 0 N–H and O–H groups in total. The van der Waals surface area contributed by atoms with Crippen molar-refractivity contribution in [2.24, 2.45) is 0 Å². The van der Waals surface area contributed by atoms with Crippen LogP contribution in [0.4, 0.5) is 5.69 Å². The summed E-state index contributed by atoms with van der Waals surface area (Å²) < 4.78 is 5.13. The van der Waals surface area contributed by atoms with Crippen molar-refractivity contribution in [2.75, 3.05) is 38.2 Å². The van der Waals surface area contributed by atoms with E-state index < -0.39 is 0 Å². The van der Waals surface area contributed by atoms with Crippen molar-refractivity contribution in [3.05, 3.63) is 58.9 Å². The number of methoxy groups -OCH3 is 1. The minimum atomic E-state index is 0.0634. The molecule has 1 aromatic heterocycles. The number of ether oxygens (including phenoxy) is 1. The molecule has 5 nitrogen and oxygen atoms in total. The van der Waals surface area contributed by atoms with Gasteiger partial charge in [0.15, 0.2) is 0 Å². The molecule has 1 fully saturated rings. The number of aromatic nitrogens is 1. The molecule has 0 spiro atoms. The van der Waals surface area contributed by atoms with Gasteiger partial charge in [-0.2, -0.15) is 0 Å².